The summed E-state index contributed by atoms with van der Waals surface area (Å²) in [5.74, 6) is 1.60. The van der Waals surface area contributed by atoms with Crippen LogP contribution in [-0.2, 0) is 0 Å². The first-order valence-electron chi connectivity index (χ1n) is 7.78. The van der Waals surface area contributed by atoms with Crippen LogP contribution in [0.15, 0.2) is 22.8 Å². The summed E-state index contributed by atoms with van der Waals surface area (Å²) in [6, 6.07) is 3.82. The van der Waals surface area contributed by atoms with E-state index in [4.69, 9.17) is 4.42 Å². The van der Waals surface area contributed by atoms with Crippen molar-refractivity contribution in [2.75, 3.05) is 26.2 Å². The lowest BCUT2D eigenvalue weighted by Crippen LogP contribution is -2.42. The molecule has 1 amide bonds. The molecule has 0 aliphatic carbocycles. The molecule has 2 aromatic heterocycles. The predicted molar refractivity (Wildman–Crippen MR) is 83.7 cm³/mol. The Morgan fingerprint density at radius 1 is 1.38 bits per heavy atom. The smallest absolute Gasteiger partial charge is 0.264 e. The molecule has 0 aromatic carbocycles. The molecule has 21 heavy (non-hydrogen) atoms. The average Bonchev–Trinajstić information content (AvgIpc) is 3.22. The third-order valence-corrected chi connectivity index (χ3v) is 5.93. The van der Waals surface area contributed by atoms with E-state index in [9.17, 15) is 4.79 Å². The number of carbonyl (C=O) groups is 1. The number of nitrogens with one attached hydrogen (secondary N) is 1. The van der Waals surface area contributed by atoms with E-state index >= 15 is 0 Å². The number of rotatable bonds is 2. The van der Waals surface area contributed by atoms with Crippen molar-refractivity contribution in [3.05, 3.63) is 23.3 Å². The van der Waals surface area contributed by atoms with Gasteiger partial charge in [-0.2, -0.15) is 0 Å². The van der Waals surface area contributed by atoms with E-state index in [1.807, 2.05) is 12.1 Å². The predicted octanol–water partition coefficient (Wildman–Crippen LogP) is 2.96. The van der Waals surface area contributed by atoms with Crippen LogP contribution < -0.4 is 5.32 Å². The Balaban J connectivity index is 1.49. The number of likely N-dealkylation sites (tertiary alicyclic amines) is 1. The molecule has 4 nitrogen and oxygen atoms in total. The maximum Gasteiger partial charge on any atom is 0.264 e. The highest BCUT2D eigenvalue weighted by Gasteiger charge is 2.31. The first-order chi connectivity index (χ1) is 10.3. The Labute approximate surface area is 128 Å². The summed E-state index contributed by atoms with van der Waals surface area (Å²) in [5.41, 5.74) is 0.830. The van der Waals surface area contributed by atoms with Crippen LogP contribution in [0, 0.1) is 11.8 Å². The van der Waals surface area contributed by atoms with Crippen LogP contribution in [0.2, 0.25) is 0 Å². The number of piperidine rings is 1. The number of hydrogen-bond acceptors (Lipinski definition) is 4. The first-order valence-corrected chi connectivity index (χ1v) is 8.60. The van der Waals surface area contributed by atoms with E-state index < -0.39 is 0 Å². The van der Waals surface area contributed by atoms with Crippen molar-refractivity contribution < 1.29 is 9.21 Å². The van der Waals surface area contributed by atoms with Gasteiger partial charge in [-0.1, -0.05) is 0 Å². The molecule has 4 rings (SSSR count). The minimum atomic E-state index is 0.182. The zero-order chi connectivity index (χ0) is 14.2. The second-order valence-corrected chi connectivity index (χ2v) is 7.25. The summed E-state index contributed by atoms with van der Waals surface area (Å²) in [6.45, 7) is 4.08. The van der Waals surface area contributed by atoms with Crippen LogP contribution in [0.4, 0.5) is 0 Å². The van der Waals surface area contributed by atoms with Crippen molar-refractivity contribution in [1.29, 1.82) is 0 Å². The summed E-state index contributed by atoms with van der Waals surface area (Å²) in [6.07, 6.45) is 5.34. The van der Waals surface area contributed by atoms with E-state index in [0.29, 0.717) is 5.92 Å². The molecule has 0 spiro atoms. The molecule has 112 valence electrons. The fourth-order valence-electron chi connectivity index (χ4n) is 3.69. The summed E-state index contributed by atoms with van der Waals surface area (Å²) in [7, 11) is 0. The van der Waals surface area contributed by atoms with Crippen LogP contribution in [-0.4, -0.2) is 37.0 Å². The summed E-state index contributed by atoms with van der Waals surface area (Å²) in [5, 5.41) is 3.45. The lowest BCUT2D eigenvalue weighted by Gasteiger charge is -2.35. The molecule has 2 fully saturated rings. The lowest BCUT2D eigenvalue weighted by molar-refractivity contribution is 0.0639. The second kappa shape index (κ2) is 5.46. The highest BCUT2D eigenvalue weighted by Crippen LogP contribution is 2.31. The van der Waals surface area contributed by atoms with Gasteiger partial charge in [0, 0.05) is 19.2 Å². The molecule has 0 bridgehead atoms. The van der Waals surface area contributed by atoms with Crippen molar-refractivity contribution in [3.63, 3.8) is 0 Å². The number of carbonyl (C=O) groups excluding carboxylic acids is 1. The molecule has 2 aliphatic rings. The van der Waals surface area contributed by atoms with Gasteiger partial charge in [-0.15, -0.1) is 11.3 Å². The Morgan fingerprint density at radius 3 is 3.14 bits per heavy atom. The highest BCUT2D eigenvalue weighted by atomic mass is 32.1. The minimum Gasteiger partial charge on any atom is -0.463 e. The van der Waals surface area contributed by atoms with Gasteiger partial charge in [-0.25, -0.2) is 0 Å². The largest absolute Gasteiger partial charge is 0.463 e. The zero-order valence-electron chi connectivity index (χ0n) is 12.0. The van der Waals surface area contributed by atoms with Crippen molar-refractivity contribution in [1.82, 2.24) is 10.2 Å². The fourth-order valence-corrected chi connectivity index (χ4v) is 4.64. The summed E-state index contributed by atoms with van der Waals surface area (Å²) < 4.78 is 6.43. The zero-order valence-corrected chi connectivity index (χ0v) is 12.8. The molecule has 2 aromatic rings. The molecular weight excluding hydrogens is 284 g/mol. The van der Waals surface area contributed by atoms with Gasteiger partial charge in [0.05, 0.1) is 15.8 Å². The molecule has 0 saturated carbocycles. The molecular formula is C16H20N2O2S. The molecule has 1 N–H and O–H groups in total. The van der Waals surface area contributed by atoms with E-state index in [-0.39, 0.29) is 5.91 Å². The SMILES string of the molecule is O=C(c1cc2occc2s1)N1CCCC(C2CCNC2)C1. The van der Waals surface area contributed by atoms with E-state index in [0.717, 1.165) is 53.7 Å². The van der Waals surface area contributed by atoms with Gasteiger partial charge in [-0.3, -0.25) is 4.79 Å². The fraction of sp³-hybridized carbons (Fsp3) is 0.562. The molecule has 2 unspecified atom stereocenters. The molecule has 4 heterocycles. The number of amides is 1. The standard InChI is InChI=1S/C16H20N2O2S/c19-16(15-8-13-14(21-15)4-7-20-13)18-6-1-2-12(10-18)11-3-5-17-9-11/h4,7-8,11-12,17H,1-3,5-6,9-10H2. The van der Waals surface area contributed by atoms with Gasteiger partial charge in [0.25, 0.3) is 5.91 Å². The van der Waals surface area contributed by atoms with Gasteiger partial charge in [-0.05, 0) is 50.3 Å². The Hall–Kier alpha value is -1.33. The van der Waals surface area contributed by atoms with Crippen LogP contribution in [0.25, 0.3) is 10.3 Å². The Morgan fingerprint density at radius 2 is 2.33 bits per heavy atom. The Kier molecular flexibility index (Phi) is 3.47. The number of fused-ring (bicyclic) bond motifs is 1. The van der Waals surface area contributed by atoms with Crippen molar-refractivity contribution in [3.8, 4) is 0 Å². The number of nitrogens with zero attached hydrogens (tertiary/aromatic N) is 1. The van der Waals surface area contributed by atoms with Crippen LogP contribution in [0.5, 0.6) is 0 Å². The van der Waals surface area contributed by atoms with Crippen LogP contribution >= 0.6 is 11.3 Å². The van der Waals surface area contributed by atoms with Crippen molar-refractivity contribution in [2.24, 2.45) is 11.8 Å². The molecule has 2 saturated heterocycles. The average molecular weight is 304 g/mol. The maximum absolute atomic E-state index is 12.7. The maximum atomic E-state index is 12.7. The molecule has 5 heteroatoms. The number of furan rings is 1. The lowest BCUT2D eigenvalue weighted by atomic mass is 9.85. The second-order valence-electron chi connectivity index (χ2n) is 6.17. The normalized spacial score (nSPS) is 26.6. The highest BCUT2D eigenvalue weighted by molar-refractivity contribution is 7.20. The quantitative estimate of drug-likeness (QED) is 0.928. The third-order valence-electron chi connectivity index (χ3n) is 4.86. The van der Waals surface area contributed by atoms with Gasteiger partial charge in [0.1, 0.15) is 5.58 Å². The van der Waals surface area contributed by atoms with Crippen LogP contribution in [0.3, 0.4) is 0 Å². The minimum absolute atomic E-state index is 0.182. The molecule has 2 atom stereocenters. The Bertz CT molecular complexity index is 613. The topological polar surface area (TPSA) is 45.5 Å². The van der Waals surface area contributed by atoms with E-state index in [1.54, 1.807) is 17.6 Å². The number of thiophene rings is 1. The monoisotopic (exact) mass is 304 g/mol. The molecule has 0 radical (unpaired) electrons. The van der Waals surface area contributed by atoms with Crippen molar-refractivity contribution in [2.45, 2.75) is 19.3 Å². The first kappa shape index (κ1) is 13.3. The van der Waals surface area contributed by atoms with Gasteiger partial charge in [0.2, 0.25) is 0 Å². The van der Waals surface area contributed by atoms with Gasteiger partial charge >= 0.3 is 0 Å². The third kappa shape index (κ3) is 2.49. The van der Waals surface area contributed by atoms with Crippen molar-refractivity contribution >= 4 is 27.5 Å². The number of hydrogen-bond donors (Lipinski definition) is 1. The molecule has 2 aliphatic heterocycles. The van der Waals surface area contributed by atoms with Gasteiger partial charge < -0.3 is 14.6 Å². The van der Waals surface area contributed by atoms with Gasteiger partial charge in [0.15, 0.2) is 0 Å². The van der Waals surface area contributed by atoms with E-state index in [2.05, 4.69) is 10.2 Å². The van der Waals surface area contributed by atoms with E-state index in [1.165, 1.54) is 12.8 Å². The summed E-state index contributed by atoms with van der Waals surface area (Å²) in [4.78, 5) is 15.6. The summed E-state index contributed by atoms with van der Waals surface area (Å²) >= 11 is 1.54. The van der Waals surface area contributed by atoms with Crippen LogP contribution in [0.1, 0.15) is 28.9 Å².